The van der Waals surface area contributed by atoms with E-state index >= 15 is 0 Å². The van der Waals surface area contributed by atoms with Crippen molar-refractivity contribution in [1.29, 1.82) is 0 Å². The Balaban J connectivity index is 0. The number of hydrogen-bond acceptors (Lipinski definition) is 3. The van der Waals surface area contributed by atoms with Crippen LogP contribution in [0.5, 0.6) is 0 Å². The molecule has 0 heterocycles. The first kappa shape index (κ1) is 8.86. The summed E-state index contributed by atoms with van der Waals surface area (Å²) in [6, 6.07) is 0. The Labute approximate surface area is 30.3 Å². The Morgan fingerprint density at radius 1 is 1.75 bits per heavy atom. The molecule has 0 rings (SSSR count). The summed E-state index contributed by atoms with van der Waals surface area (Å²) in [5.41, 5.74) is 0. The van der Waals surface area contributed by atoms with Crippen molar-refractivity contribution in [3.8, 4) is 0 Å². The van der Waals surface area contributed by atoms with E-state index in [4.69, 9.17) is 4.55 Å². The summed E-state index contributed by atoms with van der Waals surface area (Å²) >= 11 is 0.250. The van der Waals surface area contributed by atoms with Crippen LogP contribution in [-0.2, 0) is 0 Å². The molecule has 0 aromatic carbocycles. The van der Waals surface area contributed by atoms with Crippen molar-refractivity contribution in [1.82, 2.24) is 0 Å². The molecule has 0 aliphatic carbocycles. The lowest BCUT2D eigenvalue weighted by molar-refractivity contribution is 0.665. The standard InChI is InChI=1S/CH4.H3NOS/c;1-3-2/h1H4;2H,1H2. The maximum absolute atomic E-state index is 7.26. The molecular formula is CH7NOS. The van der Waals surface area contributed by atoms with Gasteiger partial charge in [0.1, 0.15) is 0 Å². The predicted octanol–water partition coefficient (Wildman–Crippen LogP) is 0.702. The highest BCUT2D eigenvalue weighted by atomic mass is 32.2. The Kier molecular flexibility index (Phi) is 23.1. The van der Waals surface area contributed by atoms with Crippen LogP contribution in [-0.4, -0.2) is 4.55 Å². The Morgan fingerprint density at radius 2 is 1.75 bits per heavy atom. The highest BCUT2D eigenvalue weighted by molar-refractivity contribution is 7.91. The summed E-state index contributed by atoms with van der Waals surface area (Å²) in [7, 11) is 0. The van der Waals surface area contributed by atoms with E-state index in [0.29, 0.717) is 0 Å². The van der Waals surface area contributed by atoms with Crippen LogP contribution in [0.25, 0.3) is 0 Å². The second-order valence-corrected chi connectivity index (χ2v) is 0.316. The molecule has 0 radical (unpaired) electrons. The summed E-state index contributed by atoms with van der Waals surface area (Å²) in [5.74, 6) is 0. The van der Waals surface area contributed by atoms with Gasteiger partial charge in [-0.25, -0.2) is 0 Å². The quantitative estimate of drug-likeness (QED) is 0.333. The normalized spacial score (nSPS) is 4.50. The van der Waals surface area contributed by atoms with Crippen LogP contribution in [0.4, 0.5) is 0 Å². The maximum Gasteiger partial charge on any atom is 0.0729 e. The molecule has 0 aromatic rings. The molecule has 0 atom stereocenters. The average Bonchev–Trinajstić information content (AvgIpc) is 0.918. The first-order chi connectivity index (χ1) is 1.41. The summed E-state index contributed by atoms with van der Waals surface area (Å²) in [5, 5.41) is 4.32. The zero-order valence-electron chi connectivity index (χ0n) is 1.43. The van der Waals surface area contributed by atoms with Crippen molar-refractivity contribution in [2.24, 2.45) is 5.14 Å². The minimum atomic E-state index is 0. The van der Waals surface area contributed by atoms with E-state index in [-0.39, 0.29) is 19.7 Å². The van der Waals surface area contributed by atoms with Gasteiger partial charge in [-0.05, 0) is 0 Å². The van der Waals surface area contributed by atoms with Crippen LogP contribution in [0, 0.1) is 0 Å². The van der Waals surface area contributed by atoms with Gasteiger partial charge in [0.25, 0.3) is 0 Å². The molecule has 0 aliphatic rings. The van der Waals surface area contributed by atoms with Crippen molar-refractivity contribution in [2.75, 3.05) is 0 Å². The SMILES string of the molecule is C.NSO. The fourth-order valence-corrected chi connectivity index (χ4v) is 0. The van der Waals surface area contributed by atoms with Gasteiger partial charge in [0.2, 0.25) is 0 Å². The van der Waals surface area contributed by atoms with Crippen LogP contribution in [0.15, 0.2) is 0 Å². The second kappa shape index (κ2) is 10.4. The monoisotopic (exact) mass is 81.0 g/mol. The third-order valence-electron chi connectivity index (χ3n) is 0. The zero-order chi connectivity index (χ0) is 2.71. The smallest absolute Gasteiger partial charge is 0.0729 e. The summed E-state index contributed by atoms with van der Waals surface area (Å²) in [6.45, 7) is 0. The van der Waals surface area contributed by atoms with Crippen LogP contribution in [0.2, 0.25) is 0 Å². The molecule has 0 saturated heterocycles. The molecule has 0 aromatic heterocycles. The van der Waals surface area contributed by atoms with Crippen molar-refractivity contribution in [3.05, 3.63) is 0 Å². The first-order valence-corrected chi connectivity index (χ1v) is 1.25. The molecule has 4 heavy (non-hydrogen) atoms. The fraction of sp³-hybridized carbons (Fsp3) is 1.00. The van der Waals surface area contributed by atoms with Gasteiger partial charge in [-0.2, -0.15) is 0 Å². The zero-order valence-corrected chi connectivity index (χ0v) is 2.25. The van der Waals surface area contributed by atoms with Crippen molar-refractivity contribution >= 4 is 12.2 Å². The maximum atomic E-state index is 7.26. The van der Waals surface area contributed by atoms with Gasteiger partial charge in [0.15, 0.2) is 0 Å². The third kappa shape index (κ3) is 50.2. The predicted molar refractivity (Wildman–Crippen MR) is 21.1 cm³/mol. The molecule has 0 spiro atoms. The summed E-state index contributed by atoms with van der Waals surface area (Å²) < 4.78 is 7.26. The molecule has 0 amide bonds. The Bertz CT molecular complexity index is 8.00. The minimum absolute atomic E-state index is 0. The third-order valence-corrected chi connectivity index (χ3v) is 0. The van der Waals surface area contributed by atoms with Gasteiger partial charge in [-0.1, -0.05) is 7.43 Å². The number of hydrogen-bond donors (Lipinski definition) is 2. The molecule has 0 fully saturated rings. The average molecular weight is 81.1 g/mol. The van der Waals surface area contributed by atoms with E-state index in [1.54, 1.807) is 0 Å². The minimum Gasteiger partial charge on any atom is -0.317 e. The number of rotatable bonds is 0. The summed E-state index contributed by atoms with van der Waals surface area (Å²) in [6.07, 6.45) is 0. The molecule has 3 N–H and O–H groups in total. The van der Waals surface area contributed by atoms with Crippen molar-refractivity contribution < 1.29 is 4.55 Å². The van der Waals surface area contributed by atoms with Gasteiger partial charge in [-0.3, -0.25) is 5.14 Å². The van der Waals surface area contributed by atoms with Gasteiger partial charge in [0, 0.05) is 0 Å². The lowest BCUT2D eigenvalue weighted by atomic mass is 12.0. The fourth-order valence-electron chi connectivity index (χ4n) is 0. The molecule has 0 bridgehead atoms. The van der Waals surface area contributed by atoms with Crippen molar-refractivity contribution in [2.45, 2.75) is 7.43 Å². The molecule has 0 saturated carbocycles. The van der Waals surface area contributed by atoms with Gasteiger partial charge < -0.3 is 4.55 Å². The van der Waals surface area contributed by atoms with Crippen LogP contribution < -0.4 is 5.14 Å². The van der Waals surface area contributed by atoms with Gasteiger partial charge in [-0.15, -0.1) is 0 Å². The van der Waals surface area contributed by atoms with E-state index < -0.39 is 0 Å². The number of nitrogens with two attached hydrogens (primary N) is 1. The van der Waals surface area contributed by atoms with E-state index in [1.165, 1.54) is 0 Å². The molecule has 0 aliphatic heterocycles. The lowest BCUT2D eigenvalue weighted by Gasteiger charge is -1.53. The van der Waals surface area contributed by atoms with Gasteiger partial charge >= 0.3 is 0 Å². The Hall–Kier alpha value is 0.270. The molecule has 3 heteroatoms. The van der Waals surface area contributed by atoms with Crippen LogP contribution in [0.1, 0.15) is 7.43 Å². The molecular weight excluding hydrogens is 74.1 g/mol. The first-order valence-electron chi connectivity index (χ1n) is 0.418. The largest absolute Gasteiger partial charge is 0.317 e. The molecule has 2 nitrogen and oxygen atoms in total. The topological polar surface area (TPSA) is 46.2 Å². The van der Waals surface area contributed by atoms with E-state index in [1.807, 2.05) is 0 Å². The molecule has 0 unspecified atom stereocenters. The van der Waals surface area contributed by atoms with Crippen molar-refractivity contribution in [3.63, 3.8) is 0 Å². The second-order valence-electron chi connectivity index (χ2n) is 0.105. The molecule has 28 valence electrons. The lowest BCUT2D eigenvalue weighted by Crippen LogP contribution is -1.65. The van der Waals surface area contributed by atoms with Gasteiger partial charge in [0.05, 0.1) is 12.2 Å². The van der Waals surface area contributed by atoms with E-state index in [2.05, 4.69) is 5.14 Å². The van der Waals surface area contributed by atoms with Crippen LogP contribution in [0.3, 0.4) is 0 Å². The van der Waals surface area contributed by atoms with E-state index in [0.717, 1.165) is 0 Å². The summed E-state index contributed by atoms with van der Waals surface area (Å²) in [4.78, 5) is 0. The van der Waals surface area contributed by atoms with Crippen LogP contribution >= 0.6 is 12.2 Å². The Morgan fingerprint density at radius 3 is 1.75 bits per heavy atom. The van der Waals surface area contributed by atoms with E-state index in [9.17, 15) is 0 Å². The highest BCUT2D eigenvalue weighted by Crippen LogP contribution is 1.57. The highest BCUT2D eigenvalue weighted by Gasteiger charge is 1.32.